The van der Waals surface area contributed by atoms with Crippen molar-refractivity contribution in [2.75, 3.05) is 44.0 Å². The van der Waals surface area contributed by atoms with Gasteiger partial charge in [0, 0.05) is 29.2 Å². The van der Waals surface area contributed by atoms with E-state index in [-0.39, 0.29) is 17.7 Å². The summed E-state index contributed by atoms with van der Waals surface area (Å²) in [7, 11) is 1.51. The van der Waals surface area contributed by atoms with Gasteiger partial charge in [-0.15, -0.1) is 0 Å². The lowest BCUT2D eigenvalue weighted by Gasteiger charge is -2.14. The number of rotatable bonds is 10. The summed E-state index contributed by atoms with van der Waals surface area (Å²) in [5.41, 5.74) is 7.79. The second kappa shape index (κ2) is 12.4. The molecule has 0 unspecified atom stereocenters. The first-order chi connectivity index (χ1) is 19.9. The highest BCUT2D eigenvalue weighted by molar-refractivity contribution is 6.35. The minimum Gasteiger partial charge on any atom is -0.496 e. The van der Waals surface area contributed by atoms with Gasteiger partial charge in [-0.1, -0.05) is 18.2 Å². The number of hydrogen-bond acceptors (Lipinski definition) is 6. The summed E-state index contributed by atoms with van der Waals surface area (Å²) >= 11 is 0. The largest absolute Gasteiger partial charge is 0.496 e. The van der Waals surface area contributed by atoms with E-state index in [9.17, 15) is 14.4 Å². The molecular weight excluding hydrogens is 522 g/mol. The minimum absolute atomic E-state index is 0.271. The number of methoxy groups -OCH3 is 1. The first-order valence-corrected chi connectivity index (χ1v) is 13.8. The molecular formula is C31H35N5O5. The molecule has 3 aromatic rings. The summed E-state index contributed by atoms with van der Waals surface area (Å²) in [6.45, 7) is 7.33. The van der Waals surface area contributed by atoms with Gasteiger partial charge in [0.2, 0.25) is 0 Å². The number of hydrogen-bond donors (Lipinski definition) is 4. The fourth-order valence-electron chi connectivity index (χ4n) is 5.38. The lowest BCUT2D eigenvalue weighted by Crippen LogP contribution is -2.27. The van der Waals surface area contributed by atoms with Gasteiger partial charge in [-0.25, -0.2) is 5.48 Å². The smallest absolute Gasteiger partial charge is 0.276 e. The van der Waals surface area contributed by atoms with Crippen LogP contribution in [-0.4, -0.2) is 61.0 Å². The van der Waals surface area contributed by atoms with E-state index >= 15 is 0 Å². The van der Waals surface area contributed by atoms with E-state index in [1.54, 1.807) is 48.5 Å². The number of hydroxylamine groups is 1. The molecule has 1 fully saturated rings. The van der Waals surface area contributed by atoms with Crippen LogP contribution in [0.2, 0.25) is 0 Å². The maximum atomic E-state index is 12.9. The highest BCUT2D eigenvalue weighted by Crippen LogP contribution is 2.36. The molecule has 1 saturated heterocycles. The Bertz CT molecular complexity index is 1500. The second-order valence-corrected chi connectivity index (χ2v) is 10.3. The normalized spacial score (nSPS) is 15.6. The van der Waals surface area contributed by atoms with E-state index in [2.05, 4.69) is 26.0 Å². The third-order valence-electron chi connectivity index (χ3n) is 7.49. The monoisotopic (exact) mass is 557 g/mol. The van der Waals surface area contributed by atoms with Crippen LogP contribution in [0.3, 0.4) is 0 Å². The molecule has 0 saturated carbocycles. The first-order valence-electron chi connectivity index (χ1n) is 13.8. The summed E-state index contributed by atoms with van der Waals surface area (Å²) in [4.78, 5) is 49.7. The number of ether oxygens (including phenoxy) is 1. The van der Waals surface area contributed by atoms with Crippen LogP contribution in [0.15, 0.2) is 42.5 Å². The molecule has 4 N–H and O–H groups in total. The number of para-hydroxylation sites is 1. The zero-order valence-electron chi connectivity index (χ0n) is 23.6. The van der Waals surface area contributed by atoms with Crippen molar-refractivity contribution < 1.29 is 24.0 Å². The summed E-state index contributed by atoms with van der Waals surface area (Å²) in [6.07, 6.45) is 5.09. The van der Waals surface area contributed by atoms with Crippen LogP contribution >= 0.6 is 0 Å². The van der Waals surface area contributed by atoms with Crippen molar-refractivity contribution in [3.8, 4) is 5.75 Å². The van der Waals surface area contributed by atoms with E-state index < -0.39 is 0 Å². The molecule has 10 nitrogen and oxygen atoms in total. The van der Waals surface area contributed by atoms with Crippen molar-refractivity contribution in [1.29, 1.82) is 0 Å². The SMILES string of the molecule is COc1ccccc1C(=O)Nc1ccc2c(c1)NC(=O)/C2=C\c1[nH]c(C)c(C(=O)NOCCCN2CCCC2)c1C. The van der Waals surface area contributed by atoms with E-state index in [0.717, 1.165) is 31.6 Å². The third kappa shape index (κ3) is 6.18. The van der Waals surface area contributed by atoms with Crippen molar-refractivity contribution >= 4 is 40.7 Å². The van der Waals surface area contributed by atoms with Crippen LogP contribution in [0.25, 0.3) is 11.6 Å². The number of benzene rings is 2. The molecule has 2 aliphatic rings. The Morgan fingerprint density at radius 1 is 1.07 bits per heavy atom. The molecule has 2 aliphatic heterocycles. The van der Waals surface area contributed by atoms with Crippen molar-refractivity contribution in [1.82, 2.24) is 15.4 Å². The van der Waals surface area contributed by atoms with E-state index in [1.807, 2.05) is 13.8 Å². The second-order valence-electron chi connectivity index (χ2n) is 10.3. The van der Waals surface area contributed by atoms with Crippen LogP contribution in [0.1, 0.15) is 62.5 Å². The van der Waals surface area contributed by atoms with Gasteiger partial charge in [-0.05, 0) is 82.1 Å². The predicted octanol–water partition coefficient (Wildman–Crippen LogP) is 4.53. The van der Waals surface area contributed by atoms with Crippen molar-refractivity contribution in [2.24, 2.45) is 0 Å². The Morgan fingerprint density at radius 2 is 1.85 bits per heavy atom. The van der Waals surface area contributed by atoms with Gasteiger partial charge >= 0.3 is 0 Å². The van der Waals surface area contributed by atoms with E-state index in [4.69, 9.17) is 9.57 Å². The number of nitrogens with zero attached hydrogens (tertiary/aromatic N) is 1. The zero-order valence-corrected chi connectivity index (χ0v) is 23.6. The molecule has 0 atom stereocenters. The molecule has 2 aromatic carbocycles. The first kappa shape index (κ1) is 28.1. The van der Waals surface area contributed by atoms with Crippen molar-refractivity contribution in [3.05, 3.63) is 76.1 Å². The van der Waals surface area contributed by atoms with Gasteiger partial charge in [0.05, 0.1) is 36.1 Å². The molecule has 0 radical (unpaired) electrons. The average molecular weight is 558 g/mol. The van der Waals surface area contributed by atoms with Gasteiger partial charge in [0.1, 0.15) is 5.75 Å². The molecule has 0 spiro atoms. The fourth-order valence-corrected chi connectivity index (χ4v) is 5.38. The third-order valence-corrected chi connectivity index (χ3v) is 7.49. The van der Waals surface area contributed by atoms with Crippen molar-refractivity contribution in [2.45, 2.75) is 33.1 Å². The van der Waals surface area contributed by atoms with Gasteiger partial charge < -0.3 is 25.3 Å². The van der Waals surface area contributed by atoms with Gasteiger partial charge in [0.15, 0.2) is 0 Å². The Hall–Kier alpha value is -4.41. The molecule has 3 heterocycles. The number of fused-ring (bicyclic) bond motifs is 1. The minimum atomic E-state index is -0.325. The standard InChI is InChI=1S/C31H35N5O5/c1-19-25(32-20(2)28(19)31(39)35-41-16-8-15-36-13-6-7-14-36)18-24-22-12-11-21(17-26(22)34-30(24)38)33-29(37)23-9-4-5-10-27(23)40-3/h4-5,9-12,17-18,32H,6-8,13-16H2,1-3H3,(H,33,37)(H,34,38)(H,35,39)/b24-18-. The lowest BCUT2D eigenvalue weighted by molar-refractivity contribution is -0.110. The van der Waals surface area contributed by atoms with Crippen LogP contribution in [-0.2, 0) is 9.63 Å². The number of carbonyl (C=O) groups excluding carboxylic acids is 3. The number of carbonyl (C=O) groups is 3. The van der Waals surface area contributed by atoms with Crippen LogP contribution in [0.5, 0.6) is 5.75 Å². The van der Waals surface area contributed by atoms with Crippen LogP contribution in [0, 0.1) is 13.8 Å². The molecule has 5 rings (SSSR count). The van der Waals surface area contributed by atoms with Crippen LogP contribution < -0.4 is 20.9 Å². The van der Waals surface area contributed by atoms with E-state index in [1.165, 1.54) is 20.0 Å². The molecule has 0 aliphatic carbocycles. The Morgan fingerprint density at radius 3 is 2.63 bits per heavy atom. The lowest BCUT2D eigenvalue weighted by atomic mass is 10.0. The molecule has 10 heteroatoms. The average Bonchev–Trinajstić information content (AvgIpc) is 3.66. The highest BCUT2D eigenvalue weighted by Gasteiger charge is 2.26. The Labute approximate surface area is 239 Å². The summed E-state index contributed by atoms with van der Waals surface area (Å²) in [5, 5.41) is 5.73. The summed E-state index contributed by atoms with van der Waals surface area (Å²) in [6, 6.07) is 12.2. The number of aromatic nitrogens is 1. The number of nitrogens with one attached hydrogen (secondary N) is 4. The molecule has 0 bridgehead atoms. The summed E-state index contributed by atoms with van der Waals surface area (Å²) < 4.78 is 5.28. The molecule has 41 heavy (non-hydrogen) atoms. The predicted molar refractivity (Wildman–Crippen MR) is 158 cm³/mol. The summed E-state index contributed by atoms with van der Waals surface area (Å²) in [5.74, 6) is -0.444. The Kier molecular flexibility index (Phi) is 8.51. The van der Waals surface area contributed by atoms with Gasteiger partial charge in [-0.2, -0.15) is 0 Å². The highest BCUT2D eigenvalue weighted by atomic mass is 16.6. The van der Waals surface area contributed by atoms with Gasteiger partial charge in [0.25, 0.3) is 17.7 Å². The number of amides is 3. The number of anilines is 2. The molecule has 214 valence electrons. The number of likely N-dealkylation sites (tertiary alicyclic amines) is 1. The van der Waals surface area contributed by atoms with Crippen molar-refractivity contribution in [3.63, 3.8) is 0 Å². The zero-order chi connectivity index (χ0) is 28.9. The van der Waals surface area contributed by atoms with Crippen LogP contribution in [0.4, 0.5) is 11.4 Å². The molecule has 3 amide bonds. The maximum Gasteiger partial charge on any atom is 0.276 e. The van der Waals surface area contributed by atoms with Gasteiger partial charge in [-0.3, -0.25) is 19.2 Å². The van der Waals surface area contributed by atoms with E-state index in [0.29, 0.717) is 57.4 Å². The Balaban J connectivity index is 1.26. The number of aromatic amines is 1. The number of H-pyrrole nitrogens is 1. The fraction of sp³-hybridized carbons (Fsp3) is 0.323. The topological polar surface area (TPSA) is 125 Å². The number of aryl methyl sites for hydroxylation is 1. The quantitative estimate of drug-likeness (QED) is 0.165. The molecule has 1 aromatic heterocycles. The maximum absolute atomic E-state index is 12.9.